The number of carbonyl (C=O) groups is 1. The molecule has 0 saturated carbocycles. The number of para-hydroxylation sites is 1. The maximum atomic E-state index is 12.9. The monoisotopic (exact) mass is 459 g/mol. The van der Waals surface area contributed by atoms with Crippen LogP contribution in [0.25, 0.3) is 10.9 Å². The van der Waals surface area contributed by atoms with Crippen molar-refractivity contribution in [1.29, 1.82) is 0 Å². The smallest absolute Gasteiger partial charge is 0.262 e. The summed E-state index contributed by atoms with van der Waals surface area (Å²) in [5, 5.41) is 3.64. The van der Waals surface area contributed by atoms with Crippen molar-refractivity contribution in [2.75, 3.05) is 5.32 Å². The Hall–Kier alpha value is -2.12. The van der Waals surface area contributed by atoms with E-state index in [0.29, 0.717) is 16.1 Å². The van der Waals surface area contributed by atoms with Gasteiger partial charge in [-0.05, 0) is 73.5 Å². The molecule has 1 amide bonds. The number of nitrogens with zero attached hydrogens (tertiary/aromatic N) is 2. The highest BCUT2D eigenvalue weighted by atomic mass is 79.9. The molecular weight excluding hydrogens is 438 g/mol. The number of hydrogen-bond acceptors (Lipinski definition) is 4. The van der Waals surface area contributed by atoms with Crippen LogP contribution in [0.1, 0.15) is 32.4 Å². The Balaban J connectivity index is 1.89. The summed E-state index contributed by atoms with van der Waals surface area (Å²) < 4.78 is 2.49. The van der Waals surface area contributed by atoms with Crippen LogP contribution in [-0.2, 0) is 4.79 Å². The second kappa shape index (κ2) is 8.49. The van der Waals surface area contributed by atoms with E-state index in [-0.39, 0.29) is 17.5 Å². The van der Waals surface area contributed by atoms with Gasteiger partial charge in [-0.15, -0.1) is 0 Å². The van der Waals surface area contributed by atoms with E-state index < -0.39 is 5.25 Å². The lowest BCUT2D eigenvalue weighted by molar-refractivity contribution is -0.115. The van der Waals surface area contributed by atoms with E-state index in [4.69, 9.17) is 0 Å². The fraction of sp³-hybridized carbons (Fsp3) is 0.286. The molecule has 3 aromatic rings. The summed E-state index contributed by atoms with van der Waals surface area (Å²) in [7, 11) is 0. The van der Waals surface area contributed by atoms with Crippen molar-refractivity contribution in [2.45, 2.75) is 44.1 Å². The van der Waals surface area contributed by atoms with Crippen molar-refractivity contribution < 1.29 is 4.79 Å². The molecule has 0 aliphatic carbocycles. The highest BCUT2D eigenvalue weighted by molar-refractivity contribution is 9.10. The number of hydrogen-bond donors (Lipinski definition) is 1. The molecule has 1 aromatic heterocycles. The highest BCUT2D eigenvalue weighted by Gasteiger charge is 2.21. The van der Waals surface area contributed by atoms with E-state index in [2.05, 4.69) is 26.2 Å². The molecule has 28 heavy (non-hydrogen) atoms. The van der Waals surface area contributed by atoms with Crippen LogP contribution in [0, 0.1) is 6.92 Å². The van der Waals surface area contributed by atoms with Gasteiger partial charge in [0.05, 0.1) is 21.8 Å². The summed E-state index contributed by atoms with van der Waals surface area (Å²) in [5.74, 6) is -0.146. The van der Waals surface area contributed by atoms with E-state index >= 15 is 0 Å². The number of aromatic nitrogens is 2. The molecule has 0 spiro atoms. The average molecular weight is 460 g/mol. The molecule has 1 atom stereocenters. The number of nitrogens with one attached hydrogen (secondary N) is 1. The van der Waals surface area contributed by atoms with Gasteiger partial charge in [-0.25, -0.2) is 4.98 Å². The molecule has 146 valence electrons. The summed E-state index contributed by atoms with van der Waals surface area (Å²) in [6, 6.07) is 13.0. The third-order valence-corrected chi connectivity index (χ3v) is 6.05. The summed E-state index contributed by atoms with van der Waals surface area (Å²) in [5.41, 5.74) is 2.38. The topological polar surface area (TPSA) is 64.0 Å². The molecule has 1 unspecified atom stereocenters. The van der Waals surface area contributed by atoms with Crippen LogP contribution in [0.4, 0.5) is 5.69 Å². The van der Waals surface area contributed by atoms with Crippen LogP contribution in [0.3, 0.4) is 0 Å². The first-order valence-electron chi connectivity index (χ1n) is 9.03. The van der Waals surface area contributed by atoms with E-state index in [1.54, 1.807) is 10.6 Å². The van der Waals surface area contributed by atoms with Crippen molar-refractivity contribution in [2.24, 2.45) is 0 Å². The molecule has 0 radical (unpaired) electrons. The Morgan fingerprint density at radius 1 is 1.18 bits per heavy atom. The molecule has 2 aromatic carbocycles. The number of halogens is 1. The lowest BCUT2D eigenvalue weighted by Crippen LogP contribution is -2.28. The van der Waals surface area contributed by atoms with Gasteiger partial charge in [0.25, 0.3) is 5.56 Å². The number of carbonyl (C=O) groups excluding carboxylic acids is 1. The Morgan fingerprint density at radius 2 is 1.89 bits per heavy atom. The first kappa shape index (κ1) is 20.6. The largest absolute Gasteiger partial charge is 0.324 e. The van der Waals surface area contributed by atoms with Gasteiger partial charge in [-0.2, -0.15) is 0 Å². The van der Waals surface area contributed by atoms with E-state index in [0.717, 1.165) is 15.7 Å². The van der Waals surface area contributed by atoms with Crippen LogP contribution in [0.15, 0.2) is 56.9 Å². The van der Waals surface area contributed by atoms with E-state index in [9.17, 15) is 9.59 Å². The number of rotatable bonds is 5. The fourth-order valence-corrected chi connectivity index (χ4v) is 4.46. The van der Waals surface area contributed by atoms with Gasteiger partial charge in [0.15, 0.2) is 5.16 Å². The predicted molar refractivity (Wildman–Crippen MR) is 119 cm³/mol. The second-order valence-corrected chi connectivity index (χ2v) is 9.08. The number of aryl methyl sites for hydroxylation is 1. The highest BCUT2D eigenvalue weighted by Crippen LogP contribution is 2.28. The number of thioether (sulfide) groups is 1. The van der Waals surface area contributed by atoms with Gasteiger partial charge in [0.1, 0.15) is 0 Å². The van der Waals surface area contributed by atoms with E-state index in [1.165, 1.54) is 11.8 Å². The minimum absolute atomic E-state index is 0.0615. The summed E-state index contributed by atoms with van der Waals surface area (Å²) >= 11 is 4.77. The zero-order chi connectivity index (χ0) is 20.4. The number of benzene rings is 2. The third-order valence-electron chi connectivity index (χ3n) is 4.33. The first-order chi connectivity index (χ1) is 13.3. The van der Waals surface area contributed by atoms with Crippen molar-refractivity contribution in [3.8, 4) is 0 Å². The quantitative estimate of drug-likeness (QED) is 0.422. The first-order valence-corrected chi connectivity index (χ1v) is 10.7. The van der Waals surface area contributed by atoms with Gasteiger partial charge >= 0.3 is 0 Å². The zero-order valence-electron chi connectivity index (χ0n) is 16.2. The molecule has 0 bridgehead atoms. The van der Waals surface area contributed by atoms with Crippen molar-refractivity contribution in [1.82, 2.24) is 9.55 Å². The minimum Gasteiger partial charge on any atom is -0.324 e. The lowest BCUT2D eigenvalue weighted by atomic mass is 10.2. The molecule has 0 saturated heterocycles. The molecule has 1 N–H and O–H groups in total. The SMILES string of the molecule is Cc1ccc(NC(=O)C(C)Sc2nc3ccccc3c(=O)n2C(C)C)c(Br)c1. The molecule has 7 heteroatoms. The average Bonchev–Trinajstić information content (AvgIpc) is 2.63. The van der Waals surface area contributed by atoms with Gasteiger partial charge in [0.2, 0.25) is 5.91 Å². The second-order valence-electron chi connectivity index (χ2n) is 6.91. The van der Waals surface area contributed by atoms with Gasteiger partial charge < -0.3 is 5.32 Å². The molecule has 1 heterocycles. The molecule has 5 nitrogen and oxygen atoms in total. The van der Waals surface area contributed by atoms with Gasteiger partial charge in [-0.3, -0.25) is 14.2 Å². The Kier molecular flexibility index (Phi) is 6.25. The number of anilines is 1. The zero-order valence-corrected chi connectivity index (χ0v) is 18.6. The van der Waals surface area contributed by atoms with Crippen LogP contribution in [0.2, 0.25) is 0 Å². The number of fused-ring (bicyclic) bond motifs is 1. The van der Waals surface area contributed by atoms with E-state index in [1.807, 2.05) is 64.1 Å². The normalized spacial score (nSPS) is 12.4. The summed E-state index contributed by atoms with van der Waals surface area (Å²) in [6.45, 7) is 7.69. The molecule has 0 aliphatic heterocycles. The third kappa shape index (κ3) is 4.31. The van der Waals surface area contributed by atoms with Crippen LogP contribution in [-0.4, -0.2) is 20.7 Å². The van der Waals surface area contributed by atoms with Gasteiger partial charge in [-0.1, -0.05) is 30.0 Å². The summed E-state index contributed by atoms with van der Waals surface area (Å²) in [6.07, 6.45) is 0. The predicted octanol–water partition coefficient (Wildman–Crippen LogP) is 5.17. The molecule has 0 fully saturated rings. The van der Waals surface area contributed by atoms with Crippen molar-refractivity contribution >= 4 is 50.2 Å². The fourth-order valence-electron chi connectivity index (χ4n) is 2.83. The van der Waals surface area contributed by atoms with Crippen LogP contribution >= 0.6 is 27.7 Å². The molecular formula is C21H22BrN3O2S. The molecule has 3 rings (SSSR count). The minimum atomic E-state index is -0.425. The summed E-state index contributed by atoms with van der Waals surface area (Å²) in [4.78, 5) is 30.3. The van der Waals surface area contributed by atoms with Crippen LogP contribution in [0.5, 0.6) is 0 Å². The Morgan fingerprint density at radius 3 is 2.57 bits per heavy atom. The molecule has 0 aliphatic rings. The Bertz CT molecular complexity index is 1090. The Labute approximate surface area is 176 Å². The lowest BCUT2D eigenvalue weighted by Gasteiger charge is -2.19. The van der Waals surface area contributed by atoms with Crippen molar-refractivity contribution in [3.63, 3.8) is 0 Å². The van der Waals surface area contributed by atoms with Crippen LogP contribution < -0.4 is 10.9 Å². The number of amides is 1. The standard InChI is InChI=1S/C21H22BrN3O2S/c1-12(2)25-20(27)15-7-5-6-8-17(15)24-21(25)28-14(4)19(26)23-18-10-9-13(3)11-16(18)22/h5-12,14H,1-4H3,(H,23,26). The maximum absolute atomic E-state index is 12.9. The van der Waals surface area contributed by atoms with Gasteiger partial charge in [0, 0.05) is 10.5 Å². The maximum Gasteiger partial charge on any atom is 0.262 e. The van der Waals surface area contributed by atoms with Crippen molar-refractivity contribution in [3.05, 3.63) is 62.9 Å².